The summed E-state index contributed by atoms with van der Waals surface area (Å²) in [7, 11) is 0. The van der Waals surface area contributed by atoms with Crippen LogP contribution in [0.3, 0.4) is 0 Å². The van der Waals surface area contributed by atoms with E-state index in [4.69, 9.17) is 11.6 Å². The summed E-state index contributed by atoms with van der Waals surface area (Å²) in [6.45, 7) is 0. The van der Waals surface area contributed by atoms with Crippen LogP contribution in [0.4, 0.5) is 0 Å². The molecule has 0 radical (unpaired) electrons. The highest BCUT2D eigenvalue weighted by Crippen LogP contribution is 2.23. The Morgan fingerprint density at radius 3 is 3.00 bits per heavy atom. The highest BCUT2D eigenvalue weighted by Gasteiger charge is 2.05. The molecule has 5 heteroatoms. The molecular formula is C8H4BrClN2O. The number of rotatable bonds is 1. The van der Waals surface area contributed by atoms with Crippen molar-refractivity contribution in [1.82, 2.24) is 8.81 Å². The fraction of sp³-hybridized carbons (Fsp3) is 0. The van der Waals surface area contributed by atoms with Crippen LogP contribution in [0.2, 0.25) is 5.02 Å². The maximum absolute atomic E-state index is 10.6. The van der Waals surface area contributed by atoms with E-state index in [0.717, 1.165) is 17.2 Å². The van der Waals surface area contributed by atoms with Gasteiger partial charge in [-0.05, 0) is 12.1 Å². The van der Waals surface area contributed by atoms with E-state index in [9.17, 15) is 4.79 Å². The summed E-state index contributed by atoms with van der Waals surface area (Å²) >= 11 is 9.05. The second-order valence-corrected chi connectivity index (χ2v) is 3.63. The average Bonchev–Trinajstić information content (AvgIpc) is 2.47. The van der Waals surface area contributed by atoms with E-state index in [1.54, 1.807) is 18.3 Å². The molecule has 0 saturated carbocycles. The smallest absolute Gasteiger partial charge is 0.151 e. The molecule has 1 aromatic carbocycles. The van der Waals surface area contributed by atoms with Crippen LogP contribution in [-0.4, -0.2) is 15.1 Å². The van der Waals surface area contributed by atoms with Crippen LogP contribution in [-0.2, 0) is 0 Å². The number of carbonyl (C=O) groups is 1. The zero-order valence-electron chi connectivity index (χ0n) is 6.37. The Morgan fingerprint density at radius 2 is 2.31 bits per heavy atom. The van der Waals surface area contributed by atoms with E-state index < -0.39 is 0 Å². The van der Waals surface area contributed by atoms with Crippen molar-refractivity contribution in [3.05, 3.63) is 28.9 Å². The zero-order valence-corrected chi connectivity index (χ0v) is 8.71. The Morgan fingerprint density at radius 1 is 1.54 bits per heavy atom. The first-order valence-electron chi connectivity index (χ1n) is 3.51. The van der Waals surface area contributed by atoms with E-state index in [0.29, 0.717) is 10.6 Å². The van der Waals surface area contributed by atoms with Crippen LogP contribution in [0.15, 0.2) is 18.3 Å². The largest absolute Gasteiger partial charge is 0.298 e. The lowest BCUT2D eigenvalue weighted by Crippen LogP contribution is -1.84. The number of benzene rings is 1. The molecular weight excluding hydrogens is 255 g/mol. The first kappa shape index (κ1) is 8.72. The average molecular weight is 259 g/mol. The summed E-state index contributed by atoms with van der Waals surface area (Å²) in [5.74, 6) is 0. The zero-order chi connectivity index (χ0) is 9.42. The van der Waals surface area contributed by atoms with Crippen molar-refractivity contribution in [3.63, 3.8) is 0 Å². The minimum absolute atomic E-state index is 0.434. The Kier molecular flexibility index (Phi) is 2.09. The topological polar surface area (TPSA) is 34.9 Å². The second kappa shape index (κ2) is 3.12. The first-order chi connectivity index (χ1) is 6.22. The molecule has 0 aliphatic rings. The number of aldehydes is 1. The molecule has 1 aromatic heterocycles. The third kappa shape index (κ3) is 1.36. The summed E-state index contributed by atoms with van der Waals surface area (Å²) in [5, 5.41) is 5.28. The van der Waals surface area contributed by atoms with E-state index in [2.05, 4.69) is 21.2 Å². The number of aromatic nitrogens is 2. The molecule has 0 unspecified atom stereocenters. The van der Waals surface area contributed by atoms with Gasteiger partial charge in [-0.3, -0.25) is 4.79 Å². The normalized spacial score (nSPS) is 10.6. The third-order valence-electron chi connectivity index (χ3n) is 1.77. The predicted octanol–water partition coefficient (Wildman–Crippen LogP) is 2.66. The van der Waals surface area contributed by atoms with Crippen molar-refractivity contribution in [1.29, 1.82) is 0 Å². The molecule has 13 heavy (non-hydrogen) atoms. The second-order valence-electron chi connectivity index (χ2n) is 2.56. The molecule has 0 atom stereocenters. The Balaban J connectivity index is 2.83. The molecule has 0 bridgehead atoms. The van der Waals surface area contributed by atoms with Crippen molar-refractivity contribution < 1.29 is 4.79 Å². The maximum atomic E-state index is 10.6. The van der Waals surface area contributed by atoms with Crippen molar-refractivity contribution in [2.45, 2.75) is 0 Å². The molecule has 0 saturated heterocycles. The number of nitrogens with zero attached hydrogens (tertiary/aromatic N) is 2. The summed E-state index contributed by atoms with van der Waals surface area (Å²) < 4.78 is 1.53. The Hall–Kier alpha value is -0.870. The fourth-order valence-electron chi connectivity index (χ4n) is 1.13. The summed E-state index contributed by atoms with van der Waals surface area (Å²) in [4.78, 5) is 10.6. The van der Waals surface area contributed by atoms with Gasteiger partial charge in [0.1, 0.15) is 0 Å². The van der Waals surface area contributed by atoms with Gasteiger partial charge >= 0.3 is 0 Å². The maximum Gasteiger partial charge on any atom is 0.151 e. The lowest BCUT2D eigenvalue weighted by Gasteiger charge is -1.96. The fourth-order valence-corrected chi connectivity index (χ4v) is 1.73. The van der Waals surface area contributed by atoms with E-state index in [1.165, 1.54) is 3.71 Å². The lowest BCUT2D eigenvalue weighted by atomic mass is 10.2. The van der Waals surface area contributed by atoms with Crippen molar-refractivity contribution >= 4 is 44.9 Å². The first-order valence-corrected chi connectivity index (χ1v) is 4.59. The SMILES string of the molecule is O=Cc1cc2cnn(Br)c2cc1Cl. The molecule has 2 rings (SSSR count). The van der Waals surface area contributed by atoms with Gasteiger partial charge in [0.25, 0.3) is 0 Å². The molecule has 1 heterocycles. The molecule has 0 aliphatic heterocycles. The summed E-state index contributed by atoms with van der Waals surface area (Å²) in [5.41, 5.74) is 1.32. The van der Waals surface area contributed by atoms with Crippen LogP contribution in [0, 0.1) is 0 Å². The van der Waals surface area contributed by atoms with E-state index in [-0.39, 0.29) is 0 Å². The molecule has 2 aromatic rings. The van der Waals surface area contributed by atoms with Crippen molar-refractivity contribution in [3.8, 4) is 0 Å². The van der Waals surface area contributed by atoms with Gasteiger partial charge < -0.3 is 0 Å². The van der Waals surface area contributed by atoms with Gasteiger partial charge in [-0.25, -0.2) is 0 Å². The van der Waals surface area contributed by atoms with Crippen LogP contribution in [0.25, 0.3) is 10.9 Å². The minimum atomic E-state index is 0.434. The number of hydrogen-bond acceptors (Lipinski definition) is 2. The number of halogens is 2. The van der Waals surface area contributed by atoms with Gasteiger partial charge in [0, 0.05) is 10.9 Å². The van der Waals surface area contributed by atoms with Crippen LogP contribution >= 0.6 is 27.7 Å². The molecule has 3 nitrogen and oxygen atoms in total. The van der Waals surface area contributed by atoms with Gasteiger partial charge in [-0.1, -0.05) is 11.6 Å². The van der Waals surface area contributed by atoms with Crippen molar-refractivity contribution in [2.24, 2.45) is 0 Å². The minimum Gasteiger partial charge on any atom is -0.298 e. The van der Waals surface area contributed by atoms with Gasteiger partial charge in [0.05, 0.1) is 32.9 Å². The van der Waals surface area contributed by atoms with Gasteiger partial charge in [-0.2, -0.15) is 8.81 Å². The van der Waals surface area contributed by atoms with Crippen LogP contribution in [0.5, 0.6) is 0 Å². The molecule has 0 aliphatic carbocycles. The standard InChI is InChI=1S/C8H4BrClN2O/c9-12-8-2-7(10)6(4-13)1-5(8)3-11-12/h1-4H. The third-order valence-corrected chi connectivity index (χ3v) is 2.66. The monoisotopic (exact) mass is 258 g/mol. The molecule has 0 amide bonds. The van der Waals surface area contributed by atoms with E-state index in [1.807, 2.05) is 0 Å². The highest BCUT2D eigenvalue weighted by molar-refractivity contribution is 9.08. The lowest BCUT2D eigenvalue weighted by molar-refractivity contribution is 0.112. The Labute approximate surface area is 87.6 Å². The van der Waals surface area contributed by atoms with Gasteiger partial charge in [0.15, 0.2) is 6.29 Å². The van der Waals surface area contributed by atoms with Gasteiger partial charge in [0.2, 0.25) is 0 Å². The van der Waals surface area contributed by atoms with Gasteiger partial charge in [-0.15, -0.1) is 0 Å². The molecule has 0 N–H and O–H groups in total. The summed E-state index contributed by atoms with van der Waals surface area (Å²) in [6.07, 6.45) is 2.39. The molecule has 0 fully saturated rings. The molecule has 66 valence electrons. The van der Waals surface area contributed by atoms with Crippen LogP contribution in [0.1, 0.15) is 10.4 Å². The quantitative estimate of drug-likeness (QED) is 0.738. The highest BCUT2D eigenvalue weighted by atomic mass is 79.9. The number of hydrogen-bond donors (Lipinski definition) is 0. The summed E-state index contributed by atoms with van der Waals surface area (Å²) in [6, 6.07) is 3.40. The van der Waals surface area contributed by atoms with E-state index >= 15 is 0 Å². The van der Waals surface area contributed by atoms with Crippen LogP contribution < -0.4 is 0 Å². The Bertz CT molecular complexity index is 480. The number of fused-ring (bicyclic) bond motifs is 1. The number of carbonyl (C=O) groups excluding carboxylic acids is 1. The van der Waals surface area contributed by atoms with Crippen molar-refractivity contribution in [2.75, 3.05) is 0 Å². The predicted molar refractivity (Wildman–Crippen MR) is 54.5 cm³/mol. The molecule has 0 spiro atoms.